The lowest BCUT2D eigenvalue weighted by Gasteiger charge is -2.26. The molecule has 0 saturated carbocycles. The average Bonchev–Trinajstić information content (AvgIpc) is 1.53. The smallest absolute Gasteiger partial charge is 0.219 e. The number of likely N-dealkylation sites (N-methyl/N-ethyl adjacent to an activating group) is 1. The van der Waals surface area contributed by atoms with Crippen molar-refractivity contribution in [3.8, 4) is 0 Å². The molecule has 0 aromatic rings. The number of carbonyl (C=O) groups is 1. The molecule has 0 aliphatic heterocycles. The monoisotopic (exact) mass is 160 g/mol. The van der Waals surface area contributed by atoms with Gasteiger partial charge in [0.25, 0.3) is 0 Å². The van der Waals surface area contributed by atoms with Gasteiger partial charge >= 0.3 is 0 Å². The van der Waals surface area contributed by atoms with Gasteiger partial charge < -0.3 is 16.0 Å². The largest absolute Gasteiger partial charge is 0.370 e. The lowest BCUT2D eigenvalue weighted by atomic mass is 10.2. The summed E-state index contributed by atoms with van der Waals surface area (Å²) in [4.78, 5) is 10.4. The lowest BCUT2D eigenvalue weighted by molar-refractivity contribution is -0.871. The van der Waals surface area contributed by atoms with Crippen LogP contribution < -0.4 is 11.5 Å². The Hall–Kier alpha value is -0.610. The van der Waals surface area contributed by atoms with Crippen LogP contribution in [0.1, 0.15) is 6.42 Å². The molecule has 11 heavy (non-hydrogen) atoms. The maximum Gasteiger partial charge on any atom is 0.219 e. The lowest BCUT2D eigenvalue weighted by Crippen LogP contribution is -2.46. The maximum absolute atomic E-state index is 10.4. The topological polar surface area (TPSA) is 69.1 Å². The molecule has 0 bridgehead atoms. The fraction of sp³-hybridized carbons (Fsp3) is 0.857. The summed E-state index contributed by atoms with van der Waals surface area (Å²) in [5, 5.41) is 0. The van der Waals surface area contributed by atoms with Crippen molar-refractivity contribution in [3.05, 3.63) is 0 Å². The molecule has 0 spiro atoms. The van der Waals surface area contributed by atoms with E-state index in [0.29, 0.717) is 0 Å². The van der Waals surface area contributed by atoms with Gasteiger partial charge in [-0.05, 0) is 0 Å². The molecule has 0 rings (SSSR count). The Morgan fingerprint density at radius 2 is 1.91 bits per heavy atom. The van der Waals surface area contributed by atoms with E-state index in [-0.39, 0.29) is 18.4 Å². The van der Waals surface area contributed by atoms with E-state index in [4.69, 9.17) is 11.5 Å². The summed E-state index contributed by atoms with van der Waals surface area (Å²) in [6.45, 7) is 0.767. The Labute approximate surface area is 67.7 Å². The quantitative estimate of drug-likeness (QED) is 0.512. The van der Waals surface area contributed by atoms with Gasteiger partial charge in [0.1, 0.15) is 0 Å². The second kappa shape index (κ2) is 3.69. The van der Waals surface area contributed by atoms with Gasteiger partial charge in [0.2, 0.25) is 5.91 Å². The van der Waals surface area contributed by atoms with Crippen molar-refractivity contribution in [2.24, 2.45) is 11.5 Å². The molecule has 4 heteroatoms. The summed E-state index contributed by atoms with van der Waals surface area (Å²) >= 11 is 0. The van der Waals surface area contributed by atoms with Crippen LogP contribution in [-0.2, 0) is 4.79 Å². The Bertz CT molecular complexity index is 139. The van der Waals surface area contributed by atoms with Gasteiger partial charge in [-0.25, -0.2) is 0 Å². The average molecular weight is 160 g/mol. The Kier molecular flexibility index (Phi) is 3.48. The first-order valence-corrected chi connectivity index (χ1v) is 3.65. The highest BCUT2D eigenvalue weighted by molar-refractivity contribution is 5.74. The van der Waals surface area contributed by atoms with E-state index in [1.165, 1.54) is 0 Å². The Morgan fingerprint density at radius 1 is 1.45 bits per heavy atom. The number of rotatable bonds is 4. The molecule has 4 nitrogen and oxygen atoms in total. The minimum absolute atomic E-state index is 0.118. The van der Waals surface area contributed by atoms with E-state index in [1.807, 2.05) is 21.1 Å². The highest BCUT2D eigenvalue weighted by Gasteiger charge is 2.15. The maximum atomic E-state index is 10.4. The summed E-state index contributed by atoms with van der Waals surface area (Å²) in [6, 6.07) is -0.118. The van der Waals surface area contributed by atoms with Crippen LogP contribution in [0.2, 0.25) is 0 Å². The van der Waals surface area contributed by atoms with Crippen molar-refractivity contribution in [1.82, 2.24) is 0 Å². The van der Waals surface area contributed by atoms with Crippen LogP contribution in [0.4, 0.5) is 0 Å². The number of amides is 1. The highest BCUT2D eigenvalue weighted by atomic mass is 16.1. The minimum atomic E-state index is -0.328. The molecule has 0 heterocycles. The summed E-state index contributed by atoms with van der Waals surface area (Å²) < 4.78 is 0.758. The zero-order chi connectivity index (χ0) is 9.07. The standard InChI is InChI=1S/C7H17N3O/c1-10(2,3)5-6(8)4-7(9)11/h6H,4-5,8H2,1-3H3,(H-,9,11)/p+1/t6-/m0/s1. The number of nitrogens with two attached hydrogens (primary N) is 2. The van der Waals surface area contributed by atoms with Crippen molar-refractivity contribution in [3.63, 3.8) is 0 Å². The zero-order valence-corrected chi connectivity index (χ0v) is 7.50. The van der Waals surface area contributed by atoms with E-state index >= 15 is 0 Å². The Morgan fingerprint density at radius 3 is 2.18 bits per heavy atom. The fourth-order valence-corrected chi connectivity index (χ4v) is 1.03. The van der Waals surface area contributed by atoms with Crippen LogP contribution in [0.15, 0.2) is 0 Å². The van der Waals surface area contributed by atoms with E-state index < -0.39 is 0 Å². The predicted octanol–water partition coefficient (Wildman–Crippen LogP) is -1.10. The second-order valence-electron chi connectivity index (χ2n) is 3.90. The predicted molar refractivity (Wildman–Crippen MR) is 44.7 cm³/mol. The van der Waals surface area contributed by atoms with Crippen molar-refractivity contribution >= 4 is 5.91 Å². The van der Waals surface area contributed by atoms with Crippen LogP contribution >= 0.6 is 0 Å². The van der Waals surface area contributed by atoms with Crippen LogP contribution in [-0.4, -0.2) is 44.1 Å². The first-order valence-electron chi connectivity index (χ1n) is 3.65. The molecular formula is C7H18N3O+. The summed E-state index contributed by atoms with van der Waals surface area (Å²) in [6.07, 6.45) is 0.273. The van der Waals surface area contributed by atoms with Crippen LogP contribution in [0.25, 0.3) is 0 Å². The summed E-state index contributed by atoms with van der Waals surface area (Å²) in [5.41, 5.74) is 10.6. The third kappa shape index (κ3) is 7.29. The number of hydrogen-bond donors (Lipinski definition) is 2. The van der Waals surface area contributed by atoms with Crippen molar-refractivity contribution < 1.29 is 9.28 Å². The Balaban J connectivity index is 3.69. The third-order valence-electron chi connectivity index (χ3n) is 1.25. The molecule has 0 aliphatic carbocycles. The second-order valence-corrected chi connectivity index (χ2v) is 3.90. The summed E-state index contributed by atoms with van der Waals surface area (Å²) in [7, 11) is 6.09. The van der Waals surface area contributed by atoms with E-state index in [2.05, 4.69) is 0 Å². The molecule has 66 valence electrons. The molecule has 1 atom stereocenters. The van der Waals surface area contributed by atoms with Gasteiger partial charge in [0.05, 0.1) is 33.7 Å². The molecule has 0 aromatic heterocycles. The first-order chi connectivity index (χ1) is 4.81. The molecule has 1 amide bonds. The van der Waals surface area contributed by atoms with E-state index in [1.54, 1.807) is 0 Å². The normalized spacial score (nSPS) is 14.5. The molecule has 4 N–H and O–H groups in total. The fourth-order valence-electron chi connectivity index (χ4n) is 1.03. The van der Waals surface area contributed by atoms with Gasteiger partial charge in [-0.1, -0.05) is 0 Å². The van der Waals surface area contributed by atoms with Gasteiger partial charge in [0.15, 0.2) is 0 Å². The molecule has 0 fully saturated rings. The van der Waals surface area contributed by atoms with E-state index in [9.17, 15) is 4.79 Å². The SMILES string of the molecule is C[N+](C)(C)C[C@@H](N)CC(N)=O. The van der Waals surface area contributed by atoms with Gasteiger partial charge in [-0.15, -0.1) is 0 Å². The third-order valence-corrected chi connectivity index (χ3v) is 1.25. The van der Waals surface area contributed by atoms with Crippen LogP contribution in [0.5, 0.6) is 0 Å². The number of nitrogens with zero attached hydrogens (tertiary/aromatic N) is 1. The molecular weight excluding hydrogens is 142 g/mol. The number of carbonyl (C=O) groups excluding carboxylic acids is 1. The number of quaternary nitrogens is 1. The van der Waals surface area contributed by atoms with Gasteiger partial charge in [0, 0.05) is 6.42 Å². The molecule has 0 unspecified atom stereocenters. The van der Waals surface area contributed by atoms with Crippen molar-refractivity contribution in [1.29, 1.82) is 0 Å². The number of hydrogen-bond acceptors (Lipinski definition) is 2. The number of primary amides is 1. The van der Waals surface area contributed by atoms with E-state index in [0.717, 1.165) is 11.0 Å². The molecule has 0 aliphatic rings. The van der Waals surface area contributed by atoms with Crippen LogP contribution in [0, 0.1) is 0 Å². The van der Waals surface area contributed by atoms with Gasteiger partial charge in [-0.3, -0.25) is 4.79 Å². The van der Waals surface area contributed by atoms with Crippen molar-refractivity contribution in [2.45, 2.75) is 12.5 Å². The molecule has 0 aromatic carbocycles. The first kappa shape index (κ1) is 10.4. The van der Waals surface area contributed by atoms with Crippen LogP contribution in [0.3, 0.4) is 0 Å². The molecule has 0 saturated heterocycles. The van der Waals surface area contributed by atoms with Gasteiger partial charge in [-0.2, -0.15) is 0 Å². The zero-order valence-electron chi connectivity index (χ0n) is 7.50. The van der Waals surface area contributed by atoms with Crippen molar-refractivity contribution in [2.75, 3.05) is 27.7 Å². The summed E-state index contributed by atoms with van der Waals surface area (Å²) in [5.74, 6) is -0.328. The molecule has 0 radical (unpaired) electrons. The highest BCUT2D eigenvalue weighted by Crippen LogP contribution is 1.95. The minimum Gasteiger partial charge on any atom is -0.370 e.